The molecule has 2 atom stereocenters. The monoisotopic (exact) mass is 247 g/mol. The maximum atomic E-state index is 12.9. The molecule has 0 aliphatic carbocycles. The lowest BCUT2D eigenvalue weighted by atomic mass is 10.1. The minimum Gasteiger partial charge on any atom is -0.389 e. The molecular weight excluding hydrogens is 228 g/mol. The van der Waals surface area contributed by atoms with Gasteiger partial charge in [0.15, 0.2) is 0 Å². The molecule has 1 amide bonds. The van der Waals surface area contributed by atoms with Gasteiger partial charge in [0.05, 0.1) is 12.1 Å². The van der Waals surface area contributed by atoms with Gasteiger partial charge in [-0.3, -0.25) is 4.79 Å². The first-order valence-corrected chi connectivity index (χ1v) is 6.01. The zero-order chi connectivity index (χ0) is 12.9. The molecule has 1 aliphatic heterocycles. The molecule has 5 heteroatoms. The van der Waals surface area contributed by atoms with Crippen molar-refractivity contribution in [3.63, 3.8) is 0 Å². The van der Waals surface area contributed by atoms with Crippen molar-refractivity contribution in [1.82, 2.24) is 5.32 Å². The molecule has 1 saturated heterocycles. The highest BCUT2D eigenvalue weighted by molar-refractivity contribution is 5.86. The number of carbonyl (C=O) groups excluding carboxylic acids is 1. The molecule has 0 aromatic heterocycles. The maximum absolute atomic E-state index is 12.9. The van der Waals surface area contributed by atoms with Crippen LogP contribution in [0.5, 0.6) is 0 Å². The largest absolute Gasteiger partial charge is 0.389 e. The van der Waals surface area contributed by atoms with Crippen molar-refractivity contribution in [2.45, 2.75) is 57.1 Å². The zero-order valence-corrected chi connectivity index (χ0v) is 9.96. The third-order valence-corrected chi connectivity index (χ3v) is 2.79. The highest BCUT2D eigenvalue weighted by Gasteiger charge is 2.47. The summed E-state index contributed by atoms with van der Waals surface area (Å²) >= 11 is 0. The molecule has 1 rings (SSSR count). The second kappa shape index (κ2) is 6.10. The summed E-state index contributed by atoms with van der Waals surface area (Å²) in [5, 5.41) is 11.7. The number of alkyl halides is 2. The number of amides is 1. The number of halogens is 2. The van der Waals surface area contributed by atoms with Crippen molar-refractivity contribution in [2.24, 2.45) is 0 Å². The Morgan fingerprint density at radius 1 is 1.59 bits per heavy atom. The van der Waals surface area contributed by atoms with Crippen molar-refractivity contribution in [3.05, 3.63) is 12.2 Å². The molecule has 0 aromatic carbocycles. The fourth-order valence-electron chi connectivity index (χ4n) is 1.77. The van der Waals surface area contributed by atoms with E-state index in [1.807, 2.05) is 0 Å². The first-order chi connectivity index (χ1) is 7.95. The van der Waals surface area contributed by atoms with E-state index < -0.39 is 30.4 Å². The van der Waals surface area contributed by atoms with Gasteiger partial charge in [0.1, 0.15) is 0 Å². The summed E-state index contributed by atoms with van der Waals surface area (Å²) in [6, 6.07) is -0.668. The summed E-state index contributed by atoms with van der Waals surface area (Å²) in [7, 11) is 0. The van der Waals surface area contributed by atoms with Crippen LogP contribution in [0.2, 0.25) is 0 Å². The van der Waals surface area contributed by atoms with Crippen LogP contribution < -0.4 is 5.32 Å². The molecule has 0 radical (unpaired) electrons. The van der Waals surface area contributed by atoms with Gasteiger partial charge in [-0.2, -0.15) is 8.78 Å². The van der Waals surface area contributed by atoms with Crippen molar-refractivity contribution < 1.29 is 18.7 Å². The molecule has 1 aliphatic rings. The number of nitrogens with one attached hydrogen (secondary N) is 1. The number of rotatable bonds is 6. The summed E-state index contributed by atoms with van der Waals surface area (Å²) in [5.74, 6) is -4.50. The lowest BCUT2D eigenvalue weighted by Gasteiger charge is -2.06. The van der Waals surface area contributed by atoms with E-state index in [2.05, 4.69) is 12.2 Å². The average Bonchev–Trinajstić information content (AvgIpc) is 2.50. The molecule has 0 bridgehead atoms. The summed E-state index contributed by atoms with van der Waals surface area (Å²) in [4.78, 5) is 10.8. The molecule has 3 nitrogen and oxygen atoms in total. The van der Waals surface area contributed by atoms with Crippen LogP contribution >= 0.6 is 0 Å². The Morgan fingerprint density at radius 2 is 2.29 bits per heavy atom. The van der Waals surface area contributed by atoms with Crippen molar-refractivity contribution in [2.75, 3.05) is 0 Å². The fraction of sp³-hybridized carbons (Fsp3) is 0.750. The van der Waals surface area contributed by atoms with Gasteiger partial charge in [-0.1, -0.05) is 38.3 Å². The Hall–Kier alpha value is -0.970. The molecule has 2 N–H and O–H groups in total. The minimum absolute atomic E-state index is 0.524. The summed E-state index contributed by atoms with van der Waals surface area (Å²) < 4.78 is 25.7. The second-order valence-corrected chi connectivity index (χ2v) is 4.44. The number of aliphatic hydroxyl groups is 1. The normalized spacial score (nSPS) is 25.2. The molecular formula is C12H19F2NO2. The third-order valence-electron chi connectivity index (χ3n) is 2.79. The number of aliphatic hydroxyl groups excluding tert-OH is 1. The van der Waals surface area contributed by atoms with Crippen LogP contribution in [0.15, 0.2) is 12.2 Å². The number of hydrogen-bond donors (Lipinski definition) is 2. The highest BCUT2D eigenvalue weighted by atomic mass is 19.3. The Morgan fingerprint density at radius 3 is 2.82 bits per heavy atom. The van der Waals surface area contributed by atoms with Gasteiger partial charge < -0.3 is 10.4 Å². The van der Waals surface area contributed by atoms with E-state index in [0.29, 0.717) is 6.42 Å². The lowest BCUT2D eigenvalue weighted by Crippen LogP contribution is -2.30. The van der Waals surface area contributed by atoms with Crippen LogP contribution in [-0.4, -0.2) is 29.1 Å². The topological polar surface area (TPSA) is 49.3 Å². The Balaban J connectivity index is 2.32. The molecule has 0 saturated carbocycles. The van der Waals surface area contributed by atoms with Gasteiger partial charge in [-0.15, -0.1) is 0 Å². The fourth-order valence-corrected chi connectivity index (χ4v) is 1.77. The first-order valence-electron chi connectivity index (χ1n) is 6.01. The van der Waals surface area contributed by atoms with Crippen LogP contribution in [0.25, 0.3) is 0 Å². The zero-order valence-electron chi connectivity index (χ0n) is 9.96. The Bertz CT molecular complexity index is 292. The molecule has 0 spiro atoms. The number of hydrogen-bond acceptors (Lipinski definition) is 2. The Labute approximate surface area is 99.9 Å². The van der Waals surface area contributed by atoms with E-state index in [0.717, 1.165) is 19.3 Å². The van der Waals surface area contributed by atoms with E-state index in [9.17, 15) is 18.7 Å². The third kappa shape index (κ3) is 4.42. The van der Waals surface area contributed by atoms with E-state index in [-0.39, 0.29) is 0 Å². The number of unbranched alkanes of at least 4 members (excludes halogenated alkanes) is 2. The summed E-state index contributed by atoms with van der Waals surface area (Å²) in [5.41, 5.74) is 0. The van der Waals surface area contributed by atoms with Gasteiger partial charge >= 0.3 is 5.92 Å². The van der Waals surface area contributed by atoms with Crippen LogP contribution in [0.1, 0.15) is 39.0 Å². The van der Waals surface area contributed by atoms with Gasteiger partial charge in [0.25, 0.3) is 5.91 Å². The molecule has 1 fully saturated rings. The quantitative estimate of drug-likeness (QED) is 0.557. The molecule has 0 unspecified atom stereocenters. The maximum Gasteiger partial charge on any atom is 0.326 e. The van der Waals surface area contributed by atoms with E-state index in [1.165, 1.54) is 12.2 Å². The molecule has 17 heavy (non-hydrogen) atoms. The molecule has 0 aromatic rings. The van der Waals surface area contributed by atoms with E-state index in [4.69, 9.17) is 0 Å². The van der Waals surface area contributed by atoms with Gasteiger partial charge in [0.2, 0.25) is 0 Å². The van der Waals surface area contributed by atoms with E-state index >= 15 is 0 Å². The smallest absolute Gasteiger partial charge is 0.326 e. The highest BCUT2D eigenvalue weighted by Crippen LogP contribution is 2.27. The van der Waals surface area contributed by atoms with Gasteiger partial charge in [-0.25, -0.2) is 0 Å². The first kappa shape index (κ1) is 14.1. The van der Waals surface area contributed by atoms with Crippen molar-refractivity contribution >= 4 is 5.91 Å². The summed E-state index contributed by atoms with van der Waals surface area (Å²) in [6.07, 6.45) is 5.45. The average molecular weight is 247 g/mol. The summed E-state index contributed by atoms with van der Waals surface area (Å²) in [6.45, 7) is 2.07. The van der Waals surface area contributed by atoms with Gasteiger partial charge in [0, 0.05) is 6.42 Å². The standard InChI is InChI=1S/C12H19F2NO2/c1-2-3-4-5-10(16)7-6-9-8-12(13,14)11(17)15-9/h6-7,9-10,16H,2-5,8H2,1H3,(H,15,17)/b7-6+/t9-,10-/m0/s1. The predicted octanol–water partition coefficient (Wildman–Crippen LogP) is 2.01. The van der Waals surface area contributed by atoms with E-state index in [1.54, 1.807) is 0 Å². The van der Waals surface area contributed by atoms with Crippen LogP contribution in [0.4, 0.5) is 8.78 Å². The van der Waals surface area contributed by atoms with Crippen molar-refractivity contribution in [1.29, 1.82) is 0 Å². The van der Waals surface area contributed by atoms with Crippen molar-refractivity contribution in [3.8, 4) is 0 Å². The number of carbonyl (C=O) groups is 1. The Kier molecular flexibility index (Phi) is 5.05. The molecule has 98 valence electrons. The minimum atomic E-state index is -3.28. The van der Waals surface area contributed by atoms with Crippen LogP contribution in [0, 0.1) is 0 Å². The lowest BCUT2D eigenvalue weighted by molar-refractivity contribution is -0.139. The second-order valence-electron chi connectivity index (χ2n) is 4.44. The SMILES string of the molecule is CCCCC[C@H](O)/C=C/[C@H]1CC(F)(F)C(=O)N1. The van der Waals surface area contributed by atoms with Gasteiger partial charge in [-0.05, 0) is 6.42 Å². The predicted molar refractivity (Wildman–Crippen MR) is 60.8 cm³/mol. The van der Waals surface area contributed by atoms with Crippen LogP contribution in [0.3, 0.4) is 0 Å². The van der Waals surface area contributed by atoms with Crippen LogP contribution in [-0.2, 0) is 4.79 Å². The molecule has 1 heterocycles.